The molecule has 1 heterocycles. The van der Waals surface area contributed by atoms with E-state index in [0.29, 0.717) is 16.4 Å². The van der Waals surface area contributed by atoms with Crippen LogP contribution in [0.5, 0.6) is 0 Å². The van der Waals surface area contributed by atoms with Gasteiger partial charge in [0.2, 0.25) is 0 Å². The number of carbonyl (C=O) groups is 3. The van der Waals surface area contributed by atoms with Gasteiger partial charge in [-0.05, 0) is 74.6 Å². The Kier molecular flexibility index (Phi) is 8.70. The fourth-order valence-electron chi connectivity index (χ4n) is 4.15. The van der Waals surface area contributed by atoms with Crippen LogP contribution in [0.1, 0.15) is 57.3 Å². The summed E-state index contributed by atoms with van der Waals surface area (Å²) in [7, 11) is -4.01. The van der Waals surface area contributed by atoms with Crippen LogP contribution >= 0.6 is 22.9 Å². The molecule has 0 fully saturated rings. The number of fused-ring (bicyclic) bond motifs is 1. The van der Waals surface area contributed by atoms with Gasteiger partial charge in [0.25, 0.3) is 21.8 Å². The standard InChI is InChI=1S/C26H26ClN3O6S2/c1-2-36-26(33)29-24(32)22-19-9-4-3-5-11-21(19)37-25(22)28-23(31)18-8-6-7-10-20(18)30-38(34,35)17-14-12-16(27)13-15-17/h6-8,10,12-15,30H,2-5,9,11H2,1H3,(H,28,31)(H,29,32,33). The first-order valence-corrected chi connectivity index (χ1v) is 14.7. The maximum atomic E-state index is 13.4. The Hall–Kier alpha value is -3.41. The minimum absolute atomic E-state index is 0.0166. The minimum Gasteiger partial charge on any atom is -0.450 e. The van der Waals surface area contributed by atoms with Crippen LogP contribution in [0.25, 0.3) is 0 Å². The molecule has 0 bridgehead atoms. The summed E-state index contributed by atoms with van der Waals surface area (Å²) in [4.78, 5) is 39.4. The molecule has 0 atom stereocenters. The zero-order valence-corrected chi connectivity index (χ0v) is 22.9. The van der Waals surface area contributed by atoms with Crippen molar-refractivity contribution in [2.24, 2.45) is 0 Å². The Bertz CT molecular complexity index is 1470. The number of hydrogen-bond acceptors (Lipinski definition) is 7. The van der Waals surface area contributed by atoms with Crippen LogP contribution < -0.4 is 15.4 Å². The third kappa shape index (κ3) is 6.35. The van der Waals surface area contributed by atoms with Crippen LogP contribution in [0.15, 0.2) is 53.4 Å². The molecule has 0 aliphatic heterocycles. The van der Waals surface area contributed by atoms with Gasteiger partial charge in [0, 0.05) is 9.90 Å². The second kappa shape index (κ2) is 12.0. The lowest BCUT2D eigenvalue weighted by Crippen LogP contribution is -2.32. The van der Waals surface area contributed by atoms with Crippen molar-refractivity contribution in [2.45, 2.75) is 43.9 Å². The average molecular weight is 576 g/mol. The lowest BCUT2D eigenvalue weighted by atomic mass is 10.0. The quantitative estimate of drug-likeness (QED) is 0.314. The highest BCUT2D eigenvalue weighted by Crippen LogP contribution is 2.38. The lowest BCUT2D eigenvalue weighted by Gasteiger charge is -2.13. The zero-order valence-electron chi connectivity index (χ0n) is 20.5. The van der Waals surface area contributed by atoms with E-state index in [4.69, 9.17) is 16.3 Å². The number of thiophene rings is 1. The number of hydrogen-bond donors (Lipinski definition) is 3. The second-order valence-electron chi connectivity index (χ2n) is 8.50. The van der Waals surface area contributed by atoms with E-state index in [0.717, 1.165) is 36.1 Å². The number of amides is 3. The van der Waals surface area contributed by atoms with E-state index >= 15 is 0 Å². The van der Waals surface area contributed by atoms with Crippen LogP contribution in [0, 0.1) is 0 Å². The first kappa shape index (κ1) is 27.6. The molecule has 0 unspecified atom stereocenters. The molecule has 200 valence electrons. The Labute approximate surface area is 229 Å². The number of nitrogens with one attached hydrogen (secondary N) is 3. The number of anilines is 2. The smallest absolute Gasteiger partial charge is 0.414 e. The predicted octanol–water partition coefficient (Wildman–Crippen LogP) is 5.61. The largest absolute Gasteiger partial charge is 0.450 e. The van der Waals surface area contributed by atoms with Gasteiger partial charge in [-0.25, -0.2) is 13.2 Å². The van der Waals surface area contributed by atoms with Gasteiger partial charge in [0.1, 0.15) is 5.00 Å². The zero-order chi connectivity index (χ0) is 27.3. The molecule has 1 aliphatic rings. The maximum Gasteiger partial charge on any atom is 0.414 e. The predicted molar refractivity (Wildman–Crippen MR) is 147 cm³/mol. The number of ether oxygens (including phenoxy) is 1. The number of imide groups is 1. The molecule has 4 rings (SSSR count). The molecule has 12 heteroatoms. The van der Waals surface area contributed by atoms with Crippen molar-refractivity contribution in [3.63, 3.8) is 0 Å². The van der Waals surface area contributed by atoms with Gasteiger partial charge in [0.05, 0.1) is 28.3 Å². The number of aryl methyl sites for hydroxylation is 1. The third-order valence-corrected chi connectivity index (χ3v) is 8.75. The fraction of sp³-hybridized carbons (Fsp3) is 0.269. The molecule has 3 aromatic rings. The molecule has 2 aromatic carbocycles. The van der Waals surface area contributed by atoms with E-state index in [-0.39, 0.29) is 28.3 Å². The van der Waals surface area contributed by atoms with Crippen LogP contribution in [0.4, 0.5) is 15.5 Å². The highest BCUT2D eigenvalue weighted by Gasteiger charge is 2.28. The molecule has 0 saturated carbocycles. The number of alkyl carbamates (subject to hydrolysis) is 1. The van der Waals surface area contributed by atoms with Gasteiger partial charge >= 0.3 is 6.09 Å². The molecule has 1 aromatic heterocycles. The lowest BCUT2D eigenvalue weighted by molar-refractivity contribution is 0.0925. The first-order valence-electron chi connectivity index (χ1n) is 12.0. The Morgan fingerprint density at radius 1 is 0.974 bits per heavy atom. The van der Waals surface area contributed by atoms with Crippen molar-refractivity contribution in [2.75, 3.05) is 16.6 Å². The van der Waals surface area contributed by atoms with Crippen molar-refractivity contribution < 1.29 is 27.5 Å². The molecule has 0 saturated heterocycles. The Morgan fingerprint density at radius 3 is 2.42 bits per heavy atom. The van der Waals surface area contributed by atoms with Crippen molar-refractivity contribution in [3.8, 4) is 0 Å². The monoisotopic (exact) mass is 575 g/mol. The normalized spacial score (nSPS) is 13.1. The van der Waals surface area contributed by atoms with Gasteiger partial charge in [-0.3, -0.25) is 19.6 Å². The number of carbonyl (C=O) groups excluding carboxylic acids is 3. The van der Waals surface area contributed by atoms with Gasteiger partial charge in [-0.2, -0.15) is 0 Å². The topological polar surface area (TPSA) is 131 Å². The number of para-hydroxylation sites is 1. The maximum absolute atomic E-state index is 13.4. The number of sulfonamides is 1. The summed E-state index contributed by atoms with van der Waals surface area (Å²) in [6.07, 6.45) is 3.38. The Morgan fingerprint density at radius 2 is 1.68 bits per heavy atom. The summed E-state index contributed by atoms with van der Waals surface area (Å²) < 4.78 is 33.2. The van der Waals surface area contributed by atoms with Gasteiger partial charge in [-0.15, -0.1) is 11.3 Å². The number of halogens is 1. The van der Waals surface area contributed by atoms with Gasteiger partial charge < -0.3 is 10.1 Å². The molecule has 0 spiro atoms. The molecule has 0 radical (unpaired) electrons. The molecule has 38 heavy (non-hydrogen) atoms. The van der Waals surface area contributed by atoms with Crippen molar-refractivity contribution in [3.05, 3.63) is 75.1 Å². The van der Waals surface area contributed by atoms with Crippen LogP contribution in [-0.2, 0) is 27.6 Å². The summed E-state index contributed by atoms with van der Waals surface area (Å²) in [5, 5.41) is 5.68. The third-order valence-electron chi connectivity index (χ3n) is 5.91. The van der Waals surface area contributed by atoms with Crippen LogP contribution in [0.3, 0.4) is 0 Å². The SMILES string of the molecule is CCOC(=O)NC(=O)c1c(NC(=O)c2ccccc2NS(=O)(=O)c2ccc(Cl)cc2)sc2c1CCCCC2. The van der Waals surface area contributed by atoms with Crippen LogP contribution in [0.2, 0.25) is 5.02 Å². The summed E-state index contributed by atoms with van der Waals surface area (Å²) >= 11 is 7.16. The Balaban J connectivity index is 1.64. The average Bonchev–Trinajstić information content (AvgIpc) is 3.04. The van der Waals surface area contributed by atoms with Crippen LogP contribution in [-0.4, -0.2) is 32.9 Å². The van der Waals surface area contributed by atoms with Crippen molar-refractivity contribution in [1.29, 1.82) is 0 Å². The highest BCUT2D eigenvalue weighted by molar-refractivity contribution is 7.92. The van der Waals surface area contributed by atoms with E-state index in [1.165, 1.54) is 47.7 Å². The second-order valence-corrected chi connectivity index (χ2v) is 11.7. The number of benzene rings is 2. The molecule has 9 nitrogen and oxygen atoms in total. The summed E-state index contributed by atoms with van der Waals surface area (Å²) in [6.45, 7) is 1.73. The van der Waals surface area contributed by atoms with E-state index in [2.05, 4.69) is 15.4 Å². The molecule has 3 N–H and O–H groups in total. The number of rotatable bonds is 7. The summed E-state index contributed by atoms with van der Waals surface area (Å²) in [5.41, 5.74) is 1.16. The van der Waals surface area contributed by atoms with Crippen molar-refractivity contribution in [1.82, 2.24) is 5.32 Å². The fourth-order valence-corrected chi connectivity index (χ4v) is 6.64. The van der Waals surface area contributed by atoms with E-state index in [1.807, 2.05) is 0 Å². The minimum atomic E-state index is -4.01. The van der Waals surface area contributed by atoms with Gasteiger partial charge in [0.15, 0.2) is 0 Å². The van der Waals surface area contributed by atoms with Crippen molar-refractivity contribution >= 4 is 61.6 Å². The van der Waals surface area contributed by atoms with E-state index < -0.39 is 27.9 Å². The van der Waals surface area contributed by atoms with E-state index in [9.17, 15) is 22.8 Å². The summed E-state index contributed by atoms with van der Waals surface area (Å²) in [5.74, 6) is -1.27. The molecular formula is C26H26ClN3O6S2. The van der Waals surface area contributed by atoms with Gasteiger partial charge in [-0.1, -0.05) is 30.2 Å². The van der Waals surface area contributed by atoms with E-state index in [1.54, 1.807) is 19.1 Å². The summed E-state index contributed by atoms with van der Waals surface area (Å²) in [6, 6.07) is 11.8. The molecule has 1 aliphatic carbocycles. The highest BCUT2D eigenvalue weighted by atomic mass is 35.5. The molecule has 3 amide bonds. The first-order chi connectivity index (χ1) is 18.2. The molecular weight excluding hydrogens is 550 g/mol.